The van der Waals surface area contributed by atoms with Crippen molar-refractivity contribution in [2.24, 2.45) is 5.92 Å². The van der Waals surface area contributed by atoms with E-state index < -0.39 is 0 Å². The van der Waals surface area contributed by atoms with Crippen molar-refractivity contribution >= 4 is 11.8 Å². The SMILES string of the molecule is CC1SCCN(C2CC2CO)C1C. The predicted molar refractivity (Wildman–Crippen MR) is 57.1 cm³/mol. The molecule has 2 fully saturated rings. The smallest absolute Gasteiger partial charge is 0.0474 e. The highest BCUT2D eigenvalue weighted by molar-refractivity contribution is 8.00. The van der Waals surface area contributed by atoms with Crippen LogP contribution in [0.5, 0.6) is 0 Å². The zero-order valence-corrected chi connectivity index (χ0v) is 9.26. The summed E-state index contributed by atoms with van der Waals surface area (Å²) in [6, 6.07) is 1.39. The minimum atomic E-state index is 0.384. The number of hydrogen-bond donors (Lipinski definition) is 1. The summed E-state index contributed by atoms with van der Waals surface area (Å²) < 4.78 is 0. The lowest BCUT2D eigenvalue weighted by Crippen LogP contribution is -2.46. The molecular formula is C10H19NOS. The minimum absolute atomic E-state index is 0.384. The summed E-state index contributed by atoms with van der Waals surface area (Å²) in [6.45, 7) is 6.24. The maximum atomic E-state index is 9.03. The molecule has 0 aromatic rings. The van der Waals surface area contributed by atoms with Crippen molar-refractivity contribution in [2.45, 2.75) is 37.6 Å². The van der Waals surface area contributed by atoms with Gasteiger partial charge < -0.3 is 5.11 Å². The van der Waals surface area contributed by atoms with E-state index in [0.29, 0.717) is 24.6 Å². The van der Waals surface area contributed by atoms with Crippen LogP contribution < -0.4 is 0 Å². The van der Waals surface area contributed by atoms with E-state index in [-0.39, 0.29) is 0 Å². The Morgan fingerprint density at radius 3 is 2.85 bits per heavy atom. The highest BCUT2D eigenvalue weighted by Gasteiger charge is 2.44. The molecule has 0 spiro atoms. The van der Waals surface area contributed by atoms with Gasteiger partial charge in [0.25, 0.3) is 0 Å². The van der Waals surface area contributed by atoms with Gasteiger partial charge in [0.05, 0.1) is 0 Å². The average Bonchev–Trinajstić information content (AvgIpc) is 2.89. The van der Waals surface area contributed by atoms with E-state index in [1.165, 1.54) is 18.7 Å². The molecule has 2 nitrogen and oxygen atoms in total. The van der Waals surface area contributed by atoms with Gasteiger partial charge >= 0.3 is 0 Å². The molecular weight excluding hydrogens is 182 g/mol. The molecule has 13 heavy (non-hydrogen) atoms. The number of aliphatic hydroxyl groups is 1. The molecule has 3 heteroatoms. The van der Waals surface area contributed by atoms with Crippen LogP contribution in [-0.2, 0) is 0 Å². The number of nitrogens with zero attached hydrogens (tertiary/aromatic N) is 1. The molecule has 4 unspecified atom stereocenters. The number of rotatable bonds is 2. The summed E-state index contributed by atoms with van der Waals surface area (Å²) in [4.78, 5) is 2.60. The molecule has 1 heterocycles. The second-order valence-corrected chi connectivity index (χ2v) is 5.79. The molecule has 0 aromatic heterocycles. The third kappa shape index (κ3) is 1.88. The lowest BCUT2D eigenvalue weighted by Gasteiger charge is -2.38. The van der Waals surface area contributed by atoms with Crippen LogP contribution in [0.25, 0.3) is 0 Å². The van der Waals surface area contributed by atoms with E-state index in [4.69, 9.17) is 5.11 Å². The predicted octanol–water partition coefficient (Wildman–Crippen LogP) is 1.19. The first-order valence-corrected chi connectivity index (χ1v) is 6.27. The van der Waals surface area contributed by atoms with Gasteiger partial charge in [-0.1, -0.05) is 6.92 Å². The maximum Gasteiger partial charge on any atom is 0.0474 e. The zero-order chi connectivity index (χ0) is 9.42. The van der Waals surface area contributed by atoms with E-state index in [2.05, 4.69) is 30.5 Å². The van der Waals surface area contributed by atoms with Crippen LogP contribution in [0.1, 0.15) is 20.3 Å². The number of thioether (sulfide) groups is 1. The normalized spacial score (nSPS) is 46.4. The van der Waals surface area contributed by atoms with Gasteiger partial charge in [-0.25, -0.2) is 0 Å². The molecule has 2 rings (SSSR count). The average molecular weight is 201 g/mol. The summed E-state index contributed by atoms with van der Waals surface area (Å²) in [7, 11) is 0. The Morgan fingerprint density at radius 2 is 2.23 bits per heavy atom. The van der Waals surface area contributed by atoms with Gasteiger partial charge in [-0.15, -0.1) is 0 Å². The van der Waals surface area contributed by atoms with Crippen molar-refractivity contribution in [1.29, 1.82) is 0 Å². The fourth-order valence-electron chi connectivity index (χ4n) is 2.26. The summed E-state index contributed by atoms with van der Waals surface area (Å²) in [5.74, 6) is 1.85. The quantitative estimate of drug-likeness (QED) is 0.726. The van der Waals surface area contributed by atoms with Crippen molar-refractivity contribution in [3.63, 3.8) is 0 Å². The van der Waals surface area contributed by atoms with Crippen molar-refractivity contribution in [3.05, 3.63) is 0 Å². The highest BCUT2D eigenvalue weighted by atomic mass is 32.2. The van der Waals surface area contributed by atoms with E-state index in [9.17, 15) is 0 Å². The van der Waals surface area contributed by atoms with Gasteiger partial charge in [0.15, 0.2) is 0 Å². The fourth-order valence-corrected chi connectivity index (χ4v) is 3.38. The molecule has 1 saturated carbocycles. The molecule has 1 N–H and O–H groups in total. The topological polar surface area (TPSA) is 23.5 Å². The van der Waals surface area contributed by atoms with E-state index in [1.807, 2.05) is 0 Å². The van der Waals surface area contributed by atoms with Crippen molar-refractivity contribution in [2.75, 3.05) is 18.9 Å². The first-order chi connectivity index (χ1) is 6.24. The molecule has 0 bridgehead atoms. The van der Waals surface area contributed by atoms with Gasteiger partial charge in [0, 0.05) is 36.2 Å². The van der Waals surface area contributed by atoms with Gasteiger partial charge in [-0.2, -0.15) is 11.8 Å². The van der Waals surface area contributed by atoms with Crippen LogP contribution in [0.3, 0.4) is 0 Å². The van der Waals surface area contributed by atoms with Crippen molar-refractivity contribution < 1.29 is 5.11 Å². The van der Waals surface area contributed by atoms with Crippen molar-refractivity contribution in [1.82, 2.24) is 4.90 Å². The van der Waals surface area contributed by atoms with Gasteiger partial charge in [0.1, 0.15) is 0 Å². The van der Waals surface area contributed by atoms with Crippen molar-refractivity contribution in [3.8, 4) is 0 Å². The van der Waals surface area contributed by atoms with Crippen LogP contribution >= 0.6 is 11.8 Å². The van der Waals surface area contributed by atoms with Gasteiger partial charge in [0.2, 0.25) is 0 Å². The number of aliphatic hydroxyl groups excluding tert-OH is 1. The molecule has 0 amide bonds. The molecule has 4 atom stereocenters. The summed E-state index contributed by atoms with van der Waals surface area (Å²) in [5.41, 5.74) is 0. The Balaban J connectivity index is 1.91. The molecule has 0 radical (unpaired) electrons. The van der Waals surface area contributed by atoms with Crippen LogP contribution in [-0.4, -0.2) is 46.2 Å². The number of hydrogen-bond acceptors (Lipinski definition) is 3. The van der Waals surface area contributed by atoms with Crippen LogP contribution in [0, 0.1) is 5.92 Å². The standard InChI is InChI=1S/C10H19NOS/c1-7-8(2)13-4-3-11(7)10-5-9(10)6-12/h7-10,12H,3-6H2,1-2H3. The van der Waals surface area contributed by atoms with Crippen LogP contribution in [0.15, 0.2) is 0 Å². The molecule has 0 aromatic carbocycles. The molecule has 1 aliphatic heterocycles. The Kier molecular flexibility index (Phi) is 2.86. The van der Waals surface area contributed by atoms with E-state index in [0.717, 1.165) is 5.25 Å². The van der Waals surface area contributed by atoms with Crippen LogP contribution in [0.2, 0.25) is 0 Å². The molecule has 76 valence electrons. The Morgan fingerprint density at radius 1 is 1.46 bits per heavy atom. The summed E-state index contributed by atoms with van der Waals surface area (Å²) in [6.07, 6.45) is 1.22. The molecule has 2 aliphatic rings. The van der Waals surface area contributed by atoms with Crippen LogP contribution in [0.4, 0.5) is 0 Å². The largest absolute Gasteiger partial charge is 0.396 e. The Labute approximate surface area is 84.7 Å². The van der Waals surface area contributed by atoms with E-state index >= 15 is 0 Å². The lowest BCUT2D eigenvalue weighted by atomic mass is 10.2. The zero-order valence-electron chi connectivity index (χ0n) is 8.44. The van der Waals surface area contributed by atoms with Gasteiger partial charge in [-0.3, -0.25) is 4.90 Å². The fraction of sp³-hybridized carbons (Fsp3) is 1.00. The first kappa shape index (κ1) is 9.81. The summed E-state index contributed by atoms with van der Waals surface area (Å²) in [5, 5.41) is 9.79. The molecule has 1 saturated heterocycles. The highest BCUT2D eigenvalue weighted by Crippen LogP contribution is 2.39. The summed E-state index contributed by atoms with van der Waals surface area (Å²) >= 11 is 2.08. The monoisotopic (exact) mass is 201 g/mol. The minimum Gasteiger partial charge on any atom is -0.396 e. The van der Waals surface area contributed by atoms with Gasteiger partial charge in [-0.05, 0) is 19.3 Å². The first-order valence-electron chi connectivity index (χ1n) is 5.22. The lowest BCUT2D eigenvalue weighted by molar-refractivity contribution is 0.176. The second kappa shape index (κ2) is 3.79. The molecule has 1 aliphatic carbocycles. The third-order valence-electron chi connectivity index (χ3n) is 3.48. The van der Waals surface area contributed by atoms with E-state index in [1.54, 1.807) is 0 Å². The second-order valence-electron chi connectivity index (χ2n) is 4.30. The third-order valence-corrected chi connectivity index (χ3v) is 4.82. The Hall–Kier alpha value is 0.270. The Bertz CT molecular complexity index is 188. The maximum absolute atomic E-state index is 9.03.